The SMILES string of the molecule is C(=Cc1cccc(-c2nn[nH]n2)c1)c1ccc(OCc2ccc3ccccc3n2)cc1. The number of hydrogen-bond donors (Lipinski definition) is 1. The van der Waals surface area contributed by atoms with Crippen LogP contribution < -0.4 is 4.74 Å². The van der Waals surface area contributed by atoms with Crippen LogP contribution in [0.2, 0.25) is 0 Å². The zero-order chi connectivity index (χ0) is 20.9. The summed E-state index contributed by atoms with van der Waals surface area (Å²) in [5, 5.41) is 15.3. The Hall–Kier alpha value is -4.32. The van der Waals surface area contributed by atoms with Crippen LogP contribution in [-0.4, -0.2) is 25.6 Å². The molecular weight excluding hydrogens is 386 g/mol. The van der Waals surface area contributed by atoms with Crippen LogP contribution in [-0.2, 0) is 6.61 Å². The molecule has 2 aromatic heterocycles. The zero-order valence-corrected chi connectivity index (χ0v) is 16.6. The number of nitrogens with one attached hydrogen (secondary N) is 1. The van der Waals surface area contributed by atoms with Crippen molar-refractivity contribution >= 4 is 23.1 Å². The van der Waals surface area contributed by atoms with E-state index in [0.717, 1.165) is 39.0 Å². The lowest BCUT2D eigenvalue weighted by atomic mass is 10.1. The quantitative estimate of drug-likeness (QED) is 0.395. The van der Waals surface area contributed by atoms with Crippen molar-refractivity contribution in [1.29, 1.82) is 0 Å². The normalized spacial score (nSPS) is 11.2. The number of ether oxygens (including phenoxy) is 1. The lowest BCUT2D eigenvalue weighted by Gasteiger charge is -2.07. The number of pyridine rings is 1. The highest BCUT2D eigenvalue weighted by molar-refractivity contribution is 5.78. The van der Waals surface area contributed by atoms with Crippen LogP contribution in [0.1, 0.15) is 16.8 Å². The number of H-pyrrole nitrogens is 1. The Labute approximate surface area is 179 Å². The number of nitrogens with zero attached hydrogens (tertiary/aromatic N) is 4. The Balaban J connectivity index is 1.23. The minimum absolute atomic E-state index is 0.433. The second-order valence-corrected chi connectivity index (χ2v) is 7.05. The van der Waals surface area contributed by atoms with Crippen molar-refractivity contribution in [3.8, 4) is 17.1 Å². The van der Waals surface area contributed by atoms with Gasteiger partial charge in [0.25, 0.3) is 0 Å². The standard InChI is InChI=1S/C25H19N5O/c1-2-7-24-20(5-1)12-13-22(26-24)17-31-23-14-10-18(11-15-23)8-9-19-4-3-6-21(16-19)25-27-29-30-28-25/h1-16H,17H2,(H,27,28,29,30). The molecule has 5 rings (SSSR count). The number of aromatic nitrogens is 5. The van der Waals surface area contributed by atoms with E-state index in [1.807, 2.05) is 72.8 Å². The Morgan fingerprint density at radius 3 is 2.55 bits per heavy atom. The number of rotatable bonds is 6. The smallest absolute Gasteiger partial charge is 0.204 e. The van der Waals surface area contributed by atoms with Gasteiger partial charge in [-0.3, -0.25) is 0 Å². The molecule has 2 heterocycles. The van der Waals surface area contributed by atoms with E-state index in [1.54, 1.807) is 0 Å². The Morgan fingerprint density at radius 1 is 0.806 bits per heavy atom. The highest BCUT2D eigenvalue weighted by Crippen LogP contribution is 2.19. The van der Waals surface area contributed by atoms with E-state index in [9.17, 15) is 0 Å². The zero-order valence-electron chi connectivity index (χ0n) is 16.6. The summed E-state index contributed by atoms with van der Waals surface area (Å²) >= 11 is 0. The van der Waals surface area contributed by atoms with Crippen LogP contribution in [0.4, 0.5) is 0 Å². The summed E-state index contributed by atoms with van der Waals surface area (Å²) in [6, 6.07) is 28.1. The van der Waals surface area contributed by atoms with Gasteiger partial charge in [-0.2, -0.15) is 5.21 Å². The first-order valence-electron chi connectivity index (χ1n) is 9.93. The molecule has 0 saturated heterocycles. The van der Waals surface area contributed by atoms with Crippen molar-refractivity contribution in [2.45, 2.75) is 6.61 Å². The van der Waals surface area contributed by atoms with Crippen molar-refractivity contribution in [3.05, 3.63) is 102 Å². The molecule has 0 aliphatic rings. The summed E-state index contributed by atoms with van der Waals surface area (Å²) < 4.78 is 5.91. The maximum atomic E-state index is 5.91. The molecule has 0 aliphatic heterocycles. The van der Waals surface area contributed by atoms with Gasteiger partial charge in [-0.05, 0) is 46.7 Å². The van der Waals surface area contributed by atoms with Gasteiger partial charge in [0.1, 0.15) is 12.4 Å². The van der Waals surface area contributed by atoms with Crippen LogP contribution in [0, 0.1) is 0 Å². The summed E-state index contributed by atoms with van der Waals surface area (Å²) in [5.74, 6) is 1.39. The monoisotopic (exact) mass is 405 g/mol. The lowest BCUT2D eigenvalue weighted by molar-refractivity contribution is 0.302. The molecule has 0 aliphatic carbocycles. The maximum Gasteiger partial charge on any atom is 0.204 e. The van der Waals surface area contributed by atoms with Crippen molar-refractivity contribution in [2.24, 2.45) is 0 Å². The largest absolute Gasteiger partial charge is 0.487 e. The van der Waals surface area contributed by atoms with E-state index in [1.165, 1.54) is 0 Å². The van der Waals surface area contributed by atoms with Gasteiger partial charge in [0.15, 0.2) is 0 Å². The molecule has 0 bridgehead atoms. The Bertz CT molecular complexity index is 1330. The van der Waals surface area contributed by atoms with Gasteiger partial charge in [-0.25, -0.2) is 4.98 Å². The summed E-state index contributed by atoms with van der Waals surface area (Å²) in [5.41, 5.74) is 4.95. The van der Waals surface area contributed by atoms with Gasteiger partial charge in [0, 0.05) is 10.9 Å². The van der Waals surface area contributed by atoms with E-state index < -0.39 is 0 Å². The fourth-order valence-corrected chi connectivity index (χ4v) is 3.28. The first kappa shape index (κ1) is 18.7. The highest BCUT2D eigenvalue weighted by Gasteiger charge is 2.03. The molecule has 6 nitrogen and oxygen atoms in total. The number of tetrazole rings is 1. The van der Waals surface area contributed by atoms with Crippen molar-refractivity contribution < 1.29 is 4.74 Å². The molecule has 0 spiro atoms. The van der Waals surface area contributed by atoms with Gasteiger partial charge >= 0.3 is 0 Å². The number of fused-ring (bicyclic) bond motifs is 1. The first-order chi connectivity index (χ1) is 15.3. The van der Waals surface area contributed by atoms with Gasteiger partial charge in [-0.15, -0.1) is 10.2 Å². The second-order valence-electron chi connectivity index (χ2n) is 7.05. The average molecular weight is 405 g/mol. The number of aromatic amines is 1. The summed E-state index contributed by atoms with van der Waals surface area (Å²) in [6.07, 6.45) is 4.11. The molecule has 0 saturated carbocycles. The molecule has 1 N–H and O–H groups in total. The van der Waals surface area contributed by atoms with Crippen LogP contribution in [0.25, 0.3) is 34.4 Å². The van der Waals surface area contributed by atoms with Crippen molar-refractivity contribution in [3.63, 3.8) is 0 Å². The summed E-state index contributed by atoms with van der Waals surface area (Å²) in [6.45, 7) is 0.433. The van der Waals surface area contributed by atoms with Gasteiger partial charge < -0.3 is 4.74 Å². The Kier molecular flexibility index (Phi) is 5.18. The van der Waals surface area contributed by atoms with E-state index in [0.29, 0.717) is 12.4 Å². The number of benzene rings is 3. The van der Waals surface area contributed by atoms with E-state index in [4.69, 9.17) is 4.74 Å². The van der Waals surface area contributed by atoms with Crippen LogP contribution in [0.15, 0.2) is 84.9 Å². The third-order valence-electron chi connectivity index (χ3n) is 4.88. The Morgan fingerprint density at radius 2 is 1.68 bits per heavy atom. The third-order valence-corrected chi connectivity index (χ3v) is 4.88. The fraction of sp³-hybridized carbons (Fsp3) is 0.0400. The van der Waals surface area contributed by atoms with Crippen LogP contribution >= 0.6 is 0 Å². The lowest BCUT2D eigenvalue weighted by Crippen LogP contribution is -1.98. The van der Waals surface area contributed by atoms with E-state index in [-0.39, 0.29) is 0 Å². The van der Waals surface area contributed by atoms with Crippen LogP contribution in [0.5, 0.6) is 5.75 Å². The molecular formula is C25H19N5O. The molecule has 0 unspecified atom stereocenters. The van der Waals surface area contributed by atoms with Crippen molar-refractivity contribution in [1.82, 2.24) is 25.6 Å². The van der Waals surface area contributed by atoms with Gasteiger partial charge in [-0.1, -0.05) is 66.7 Å². The molecule has 150 valence electrons. The van der Waals surface area contributed by atoms with Gasteiger partial charge in [0.2, 0.25) is 5.82 Å². The number of hydrogen-bond acceptors (Lipinski definition) is 5. The van der Waals surface area contributed by atoms with E-state index >= 15 is 0 Å². The molecule has 0 radical (unpaired) electrons. The predicted molar refractivity (Wildman–Crippen MR) is 121 cm³/mol. The molecule has 31 heavy (non-hydrogen) atoms. The fourth-order valence-electron chi connectivity index (χ4n) is 3.28. The third kappa shape index (κ3) is 4.48. The summed E-state index contributed by atoms with van der Waals surface area (Å²) in [4.78, 5) is 4.65. The first-order valence-corrected chi connectivity index (χ1v) is 9.93. The summed E-state index contributed by atoms with van der Waals surface area (Å²) in [7, 11) is 0. The number of para-hydroxylation sites is 1. The van der Waals surface area contributed by atoms with Crippen LogP contribution in [0.3, 0.4) is 0 Å². The van der Waals surface area contributed by atoms with Gasteiger partial charge in [0.05, 0.1) is 11.2 Å². The van der Waals surface area contributed by atoms with E-state index in [2.05, 4.69) is 49.9 Å². The molecule has 0 atom stereocenters. The predicted octanol–water partition coefficient (Wildman–Crippen LogP) is 5.16. The minimum atomic E-state index is 0.433. The molecule has 0 fully saturated rings. The molecule has 0 amide bonds. The highest BCUT2D eigenvalue weighted by atomic mass is 16.5. The second kappa shape index (κ2) is 8.59. The topological polar surface area (TPSA) is 76.6 Å². The molecule has 6 heteroatoms. The average Bonchev–Trinajstić information content (AvgIpc) is 3.37. The van der Waals surface area contributed by atoms with Crippen molar-refractivity contribution in [2.75, 3.05) is 0 Å². The molecule has 5 aromatic rings. The minimum Gasteiger partial charge on any atom is -0.487 e. The maximum absolute atomic E-state index is 5.91. The molecule has 3 aromatic carbocycles.